The van der Waals surface area contributed by atoms with Gasteiger partial charge in [-0.05, 0) is 48.9 Å². The Hall–Kier alpha value is -3.35. The number of imidazole rings is 1. The molecule has 0 saturated carbocycles. The van der Waals surface area contributed by atoms with E-state index in [-0.39, 0.29) is 5.91 Å². The normalized spacial score (nSPS) is 14.4. The van der Waals surface area contributed by atoms with E-state index >= 15 is 0 Å². The molecular formula is C22H25N5O2. The summed E-state index contributed by atoms with van der Waals surface area (Å²) in [4.78, 5) is 22.8. The number of benzene rings is 1. The Morgan fingerprint density at radius 2 is 2.17 bits per heavy atom. The first kappa shape index (κ1) is 19.0. The summed E-state index contributed by atoms with van der Waals surface area (Å²) < 4.78 is 8.09. The standard InChI is InChI=1S/C22H25N5O2/c1-15-10-18-17(11-16(15)5-6-23)21(29-9-8-27-7-3-4-22(27)28)12-19(25-18)20-13-24-14-26(20)2/h5-6,10-14H,3-4,7-9,23H2,1-2H3/b6-5+. The smallest absolute Gasteiger partial charge is 0.222 e. The first-order chi connectivity index (χ1) is 14.1. The highest BCUT2D eigenvalue weighted by atomic mass is 16.5. The van der Waals surface area contributed by atoms with Crippen LogP contribution in [0.15, 0.2) is 36.9 Å². The zero-order valence-electron chi connectivity index (χ0n) is 16.8. The Labute approximate surface area is 169 Å². The van der Waals surface area contributed by atoms with Crippen LogP contribution < -0.4 is 10.5 Å². The van der Waals surface area contributed by atoms with Crippen LogP contribution in [0.1, 0.15) is 24.0 Å². The maximum atomic E-state index is 11.9. The number of likely N-dealkylation sites (tertiary alicyclic amines) is 1. The van der Waals surface area contributed by atoms with Gasteiger partial charge < -0.3 is 19.9 Å². The topological polar surface area (TPSA) is 86.3 Å². The summed E-state index contributed by atoms with van der Waals surface area (Å²) >= 11 is 0. The van der Waals surface area contributed by atoms with E-state index in [1.165, 1.54) is 6.20 Å². The maximum absolute atomic E-state index is 11.9. The average molecular weight is 391 g/mol. The fraction of sp³-hybridized carbons (Fsp3) is 0.318. The van der Waals surface area contributed by atoms with Crippen LogP contribution in [0.25, 0.3) is 28.4 Å². The lowest BCUT2D eigenvalue weighted by Gasteiger charge is -2.17. The fourth-order valence-electron chi connectivity index (χ4n) is 3.71. The van der Waals surface area contributed by atoms with Gasteiger partial charge in [-0.2, -0.15) is 0 Å². The number of carbonyl (C=O) groups is 1. The van der Waals surface area contributed by atoms with E-state index in [1.54, 1.807) is 12.5 Å². The van der Waals surface area contributed by atoms with Crippen LogP contribution in [0.2, 0.25) is 0 Å². The van der Waals surface area contributed by atoms with Crippen molar-refractivity contribution in [2.24, 2.45) is 12.8 Å². The van der Waals surface area contributed by atoms with E-state index in [0.29, 0.717) is 19.6 Å². The number of pyridine rings is 1. The van der Waals surface area contributed by atoms with Crippen LogP contribution in [0.3, 0.4) is 0 Å². The lowest BCUT2D eigenvalue weighted by Crippen LogP contribution is -2.29. The molecule has 29 heavy (non-hydrogen) atoms. The highest BCUT2D eigenvalue weighted by molar-refractivity contribution is 5.90. The molecule has 1 aromatic carbocycles. The second-order valence-corrected chi connectivity index (χ2v) is 7.31. The Bertz CT molecular complexity index is 1090. The molecule has 2 N–H and O–H groups in total. The molecule has 3 aromatic rings. The van der Waals surface area contributed by atoms with Crippen molar-refractivity contribution in [3.05, 3.63) is 48.1 Å². The van der Waals surface area contributed by atoms with Gasteiger partial charge in [-0.25, -0.2) is 9.97 Å². The van der Waals surface area contributed by atoms with Crippen LogP contribution in [-0.4, -0.2) is 45.0 Å². The molecule has 1 fully saturated rings. The maximum Gasteiger partial charge on any atom is 0.222 e. The molecule has 0 unspecified atom stereocenters. The Balaban J connectivity index is 1.72. The summed E-state index contributed by atoms with van der Waals surface area (Å²) in [5.41, 5.74) is 10.3. The van der Waals surface area contributed by atoms with E-state index in [9.17, 15) is 4.79 Å². The zero-order valence-corrected chi connectivity index (χ0v) is 16.8. The first-order valence-electron chi connectivity index (χ1n) is 9.78. The van der Waals surface area contributed by atoms with Gasteiger partial charge in [-0.1, -0.05) is 0 Å². The van der Waals surface area contributed by atoms with E-state index < -0.39 is 0 Å². The molecule has 4 rings (SSSR count). The molecule has 7 nitrogen and oxygen atoms in total. The number of carbonyl (C=O) groups excluding carboxylic acids is 1. The molecule has 0 aliphatic carbocycles. The van der Waals surface area contributed by atoms with Crippen LogP contribution >= 0.6 is 0 Å². The Kier molecular flexibility index (Phi) is 5.20. The number of aryl methyl sites for hydroxylation is 2. The van der Waals surface area contributed by atoms with Gasteiger partial charge >= 0.3 is 0 Å². The van der Waals surface area contributed by atoms with Crippen LogP contribution in [0, 0.1) is 6.92 Å². The molecule has 3 heterocycles. The Morgan fingerprint density at radius 3 is 2.86 bits per heavy atom. The summed E-state index contributed by atoms with van der Waals surface area (Å²) in [7, 11) is 1.94. The zero-order chi connectivity index (χ0) is 20.4. The number of ether oxygens (including phenoxy) is 1. The number of amides is 1. The van der Waals surface area contributed by atoms with Crippen molar-refractivity contribution in [3.63, 3.8) is 0 Å². The number of nitrogens with two attached hydrogens (primary N) is 1. The van der Waals surface area contributed by atoms with Crippen molar-refractivity contribution in [1.29, 1.82) is 0 Å². The van der Waals surface area contributed by atoms with Crippen LogP contribution in [0.5, 0.6) is 5.75 Å². The Morgan fingerprint density at radius 1 is 1.31 bits per heavy atom. The second-order valence-electron chi connectivity index (χ2n) is 7.31. The molecule has 0 radical (unpaired) electrons. The van der Waals surface area contributed by atoms with E-state index in [2.05, 4.69) is 4.98 Å². The molecule has 0 bridgehead atoms. The number of fused-ring (bicyclic) bond motifs is 1. The lowest BCUT2D eigenvalue weighted by molar-refractivity contribution is -0.128. The van der Waals surface area contributed by atoms with E-state index in [4.69, 9.17) is 15.5 Å². The first-order valence-corrected chi connectivity index (χ1v) is 9.78. The third-order valence-corrected chi connectivity index (χ3v) is 5.30. The molecule has 1 aliphatic heterocycles. The molecule has 0 atom stereocenters. The van der Waals surface area contributed by atoms with Gasteiger partial charge in [-0.15, -0.1) is 0 Å². The summed E-state index contributed by atoms with van der Waals surface area (Å²) in [5, 5.41) is 0.919. The van der Waals surface area contributed by atoms with Crippen molar-refractivity contribution >= 4 is 22.9 Å². The van der Waals surface area contributed by atoms with Crippen LogP contribution in [0.4, 0.5) is 0 Å². The predicted octanol–water partition coefficient (Wildman–Crippen LogP) is 2.87. The van der Waals surface area contributed by atoms with E-state index in [0.717, 1.165) is 52.1 Å². The summed E-state index contributed by atoms with van der Waals surface area (Å²) in [6, 6.07) is 6.03. The van der Waals surface area contributed by atoms with Gasteiger partial charge in [0.1, 0.15) is 12.4 Å². The van der Waals surface area contributed by atoms with Crippen molar-refractivity contribution in [1.82, 2.24) is 19.4 Å². The molecule has 2 aromatic heterocycles. The van der Waals surface area contributed by atoms with Crippen molar-refractivity contribution in [2.75, 3.05) is 19.7 Å². The fourth-order valence-corrected chi connectivity index (χ4v) is 3.71. The number of nitrogens with zero attached hydrogens (tertiary/aromatic N) is 4. The molecule has 1 amide bonds. The molecule has 1 aliphatic rings. The van der Waals surface area contributed by atoms with Gasteiger partial charge in [0.25, 0.3) is 0 Å². The quantitative estimate of drug-likeness (QED) is 0.698. The minimum Gasteiger partial charge on any atom is -0.491 e. The van der Waals surface area contributed by atoms with Crippen molar-refractivity contribution < 1.29 is 9.53 Å². The molecule has 0 spiro atoms. The number of hydrogen-bond acceptors (Lipinski definition) is 5. The number of rotatable bonds is 6. The molecular weight excluding hydrogens is 366 g/mol. The average Bonchev–Trinajstić information content (AvgIpc) is 3.31. The third kappa shape index (κ3) is 3.81. The molecule has 1 saturated heterocycles. The minimum absolute atomic E-state index is 0.203. The van der Waals surface area contributed by atoms with Crippen molar-refractivity contribution in [2.45, 2.75) is 19.8 Å². The summed E-state index contributed by atoms with van der Waals surface area (Å²) in [5.74, 6) is 0.944. The van der Waals surface area contributed by atoms with Gasteiger partial charge in [0, 0.05) is 31.5 Å². The summed E-state index contributed by atoms with van der Waals surface area (Å²) in [6.07, 6.45) is 8.51. The highest BCUT2D eigenvalue weighted by Gasteiger charge is 2.20. The van der Waals surface area contributed by atoms with Gasteiger partial charge in [-0.3, -0.25) is 4.79 Å². The second kappa shape index (κ2) is 7.95. The highest BCUT2D eigenvalue weighted by Crippen LogP contribution is 2.32. The third-order valence-electron chi connectivity index (χ3n) is 5.30. The minimum atomic E-state index is 0.203. The predicted molar refractivity (Wildman–Crippen MR) is 113 cm³/mol. The largest absolute Gasteiger partial charge is 0.491 e. The van der Waals surface area contributed by atoms with Gasteiger partial charge in [0.2, 0.25) is 5.91 Å². The summed E-state index contributed by atoms with van der Waals surface area (Å²) in [6.45, 7) is 3.87. The number of aromatic nitrogens is 3. The number of hydrogen-bond donors (Lipinski definition) is 1. The van der Waals surface area contributed by atoms with E-state index in [1.807, 2.05) is 47.7 Å². The van der Waals surface area contributed by atoms with Crippen molar-refractivity contribution in [3.8, 4) is 17.1 Å². The van der Waals surface area contributed by atoms with Gasteiger partial charge in [0.05, 0.1) is 36.0 Å². The van der Waals surface area contributed by atoms with Crippen LogP contribution in [-0.2, 0) is 11.8 Å². The lowest BCUT2D eigenvalue weighted by atomic mass is 10.0. The monoisotopic (exact) mass is 391 g/mol. The molecule has 150 valence electrons. The molecule has 7 heteroatoms. The SMILES string of the molecule is Cc1cc2nc(-c3cncn3C)cc(OCCN3CCCC3=O)c2cc1/C=C/N. The van der Waals surface area contributed by atoms with Gasteiger partial charge in [0.15, 0.2) is 0 Å².